The number of sulfonamides is 1. The molecule has 0 aliphatic heterocycles. The van der Waals surface area contributed by atoms with Crippen LogP contribution in [-0.4, -0.2) is 30.8 Å². The lowest BCUT2D eigenvalue weighted by Gasteiger charge is -2.30. The van der Waals surface area contributed by atoms with Crippen LogP contribution in [0.4, 0.5) is 4.39 Å². The Hall–Kier alpha value is -1.77. The van der Waals surface area contributed by atoms with Crippen molar-refractivity contribution in [2.24, 2.45) is 11.7 Å². The lowest BCUT2D eigenvalue weighted by molar-refractivity contribution is 0.296. The summed E-state index contributed by atoms with van der Waals surface area (Å²) in [5.74, 6) is -0.317. The third-order valence-electron chi connectivity index (χ3n) is 4.49. The maximum Gasteiger partial charge on any atom is 0.243 e. The molecule has 130 valence electrons. The molecule has 1 aromatic carbocycles. The SMILES string of the molecule is NCC1CCCCC1NS(=O)(=O)c1cnn(-c2ccccc2F)c1. The number of nitrogens with two attached hydrogens (primary N) is 1. The molecular formula is C16H21FN4O2S. The lowest BCUT2D eigenvalue weighted by atomic mass is 9.85. The van der Waals surface area contributed by atoms with E-state index in [9.17, 15) is 12.8 Å². The Balaban J connectivity index is 1.82. The second-order valence-electron chi connectivity index (χ2n) is 6.08. The van der Waals surface area contributed by atoms with Crippen molar-refractivity contribution < 1.29 is 12.8 Å². The first-order valence-electron chi connectivity index (χ1n) is 8.03. The summed E-state index contributed by atoms with van der Waals surface area (Å²) in [6.07, 6.45) is 6.32. The summed E-state index contributed by atoms with van der Waals surface area (Å²) in [5, 5.41) is 3.98. The number of nitrogens with one attached hydrogen (secondary N) is 1. The van der Waals surface area contributed by atoms with Crippen molar-refractivity contribution in [3.63, 3.8) is 0 Å². The van der Waals surface area contributed by atoms with Crippen LogP contribution in [0.25, 0.3) is 5.69 Å². The van der Waals surface area contributed by atoms with Crippen molar-refractivity contribution in [3.05, 3.63) is 42.5 Å². The first-order valence-corrected chi connectivity index (χ1v) is 9.51. The number of para-hydroxylation sites is 1. The normalized spacial score (nSPS) is 21.8. The van der Waals surface area contributed by atoms with Crippen molar-refractivity contribution in [1.29, 1.82) is 0 Å². The largest absolute Gasteiger partial charge is 0.330 e. The number of halogens is 1. The van der Waals surface area contributed by atoms with Crippen molar-refractivity contribution in [2.75, 3.05) is 6.54 Å². The Morgan fingerprint density at radius 3 is 2.79 bits per heavy atom. The van der Waals surface area contributed by atoms with Crippen LogP contribution < -0.4 is 10.5 Å². The lowest BCUT2D eigenvalue weighted by Crippen LogP contribution is -2.44. The maximum atomic E-state index is 13.8. The molecule has 6 nitrogen and oxygen atoms in total. The van der Waals surface area contributed by atoms with Crippen molar-refractivity contribution in [3.8, 4) is 5.69 Å². The van der Waals surface area contributed by atoms with E-state index in [2.05, 4.69) is 9.82 Å². The molecule has 0 spiro atoms. The van der Waals surface area contributed by atoms with Gasteiger partial charge >= 0.3 is 0 Å². The van der Waals surface area contributed by atoms with Gasteiger partial charge in [-0.05, 0) is 37.4 Å². The van der Waals surface area contributed by atoms with Gasteiger partial charge in [0.2, 0.25) is 10.0 Å². The molecule has 0 saturated heterocycles. The minimum atomic E-state index is -3.71. The van der Waals surface area contributed by atoms with Gasteiger partial charge in [0.25, 0.3) is 0 Å². The third kappa shape index (κ3) is 3.50. The molecule has 0 radical (unpaired) electrons. The fourth-order valence-corrected chi connectivity index (χ4v) is 4.40. The molecule has 1 aliphatic carbocycles. The summed E-state index contributed by atoms with van der Waals surface area (Å²) in [6.45, 7) is 0.460. The summed E-state index contributed by atoms with van der Waals surface area (Å²) < 4.78 is 43.0. The summed E-state index contributed by atoms with van der Waals surface area (Å²) in [6, 6.07) is 5.91. The number of aromatic nitrogens is 2. The highest BCUT2D eigenvalue weighted by Gasteiger charge is 2.29. The Labute approximate surface area is 140 Å². The Bertz CT molecular complexity index is 806. The Morgan fingerprint density at radius 1 is 1.29 bits per heavy atom. The van der Waals surface area contributed by atoms with Crippen LogP contribution in [0.3, 0.4) is 0 Å². The van der Waals surface area contributed by atoms with Crippen molar-refractivity contribution >= 4 is 10.0 Å². The molecule has 24 heavy (non-hydrogen) atoms. The highest BCUT2D eigenvalue weighted by molar-refractivity contribution is 7.89. The van der Waals surface area contributed by atoms with Gasteiger partial charge in [0.05, 0.1) is 12.4 Å². The molecule has 2 atom stereocenters. The number of hydrogen-bond donors (Lipinski definition) is 2. The van der Waals surface area contributed by atoms with Gasteiger partial charge in [-0.3, -0.25) is 0 Å². The van der Waals surface area contributed by atoms with Gasteiger partial charge in [-0.1, -0.05) is 25.0 Å². The molecular weight excluding hydrogens is 331 g/mol. The Kier molecular flexibility index (Phi) is 4.98. The van der Waals surface area contributed by atoms with E-state index in [-0.39, 0.29) is 22.5 Å². The van der Waals surface area contributed by atoms with Gasteiger partial charge in [0.1, 0.15) is 16.4 Å². The van der Waals surface area contributed by atoms with Gasteiger partial charge in [-0.2, -0.15) is 5.10 Å². The molecule has 1 aliphatic rings. The van der Waals surface area contributed by atoms with Crippen LogP contribution in [0.5, 0.6) is 0 Å². The zero-order valence-corrected chi connectivity index (χ0v) is 14.0. The Morgan fingerprint density at radius 2 is 2.04 bits per heavy atom. The van der Waals surface area contributed by atoms with E-state index in [1.165, 1.54) is 29.2 Å². The summed E-state index contributed by atoms with van der Waals surface area (Å²) in [4.78, 5) is 0.0205. The highest BCUT2D eigenvalue weighted by Crippen LogP contribution is 2.25. The van der Waals surface area contributed by atoms with Gasteiger partial charge in [0, 0.05) is 6.04 Å². The van der Waals surface area contributed by atoms with Crippen LogP contribution in [-0.2, 0) is 10.0 Å². The number of nitrogens with zero attached hydrogens (tertiary/aromatic N) is 2. The molecule has 0 amide bonds. The molecule has 1 fully saturated rings. The van der Waals surface area contributed by atoms with E-state index in [0.717, 1.165) is 25.7 Å². The molecule has 0 bridgehead atoms. The molecule has 3 N–H and O–H groups in total. The zero-order valence-electron chi connectivity index (χ0n) is 13.2. The average molecular weight is 352 g/mol. The minimum Gasteiger partial charge on any atom is -0.330 e. The van der Waals surface area contributed by atoms with Crippen molar-refractivity contribution in [2.45, 2.75) is 36.6 Å². The smallest absolute Gasteiger partial charge is 0.243 e. The van der Waals surface area contributed by atoms with Crippen LogP contribution in [0.2, 0.25) is 0 Å². The number of hydrogen-bond acceptors (Lipinski definition) is 4. The molecule has 2 unspecified atom stereocenters. The summed E-state index contributed by atoms with van der Waals surface area (Å²) >= 11 is 0. The highest BCUT2D eigenvalue weighted by atomic mass is 32.2. The van der Waals surface area contributed by atoms with Crippen LogP contribution in [0, 0.1) is 11.7 Å². The van der Waals surface area contributed by atoms with Crippen molar-refractivity contribution in [1.82, 2.24) is 14.5 Å². The molecule has 8 heteroatoms. The number of rotatable bonds is 5. The van der Waals surface area contributed by atoms with E-state index >= 15 is 0 Å². The molecule has 3 rings (SSSR count). The quantitative estimate of drug-likeness (QED) is 0.859. The predicted octanol–water partition coefficient (Wildman–Crippen LogP) is 1.81. The first-order chi connectivity index (χ1) is 11.5. The van der Waals surface area contributed by atoms with Gasteiger partial charge < -0.3 is 5.73 Å². The van der Waals surface area contributed by atoms with E-state index in [1.54, 1.807) is 12.1 Å². The first kappa shape index (κ1) is 17.1. The predicted molar refractivity (Wildman–Crippen MR) is 88.6 cm³/mol. The van der Waals surface area contributed by atoms with E-state index in [4.69, 9.17) is 5.73 Å². The average Bonchev–Trinajstić information content (AvgIpc) is 3.06. The summed E-state index contributed by atoms with van der Waals surface area (Å²) in [5.41, 5.74) is 5.96. The van der Waals surface area contributed by atoms with E-state index in [0.29, 0.717) is 6.54 Å². The van der Waals surface area contributed by atoms with Crippen LogP contribution in [0.1, 0.15) is 25.7 Å². The fraction of sp³-hybridized carbons (Fsp3) is 0.438. The maximum absolute atomic E-state index is 13.8. The van der Waals surface area contributed by atoms with Gasteiger partial charge in [0.15, 0.2) is 0 Å². The zero-order chi connectivity index (χ0) is 17.2. The fourth-order valence-electron chi connectivity index (χ4n) is 3.13. The van der Waals surface area contributed by atoms with E-state index < -0.39 is 15.8 Å². The topological polar surface area (TPSA) is 90.0 Å². The van der Waals surface area contributed by atoms with Gasteiger partial charge in [-0.15, -0.1) is 0 Å². The van der Waals surface area contributed by atoms with Gasteiger partial charge in [-0.25, -0.2) is 22.2 Å². The van der Waals surface area contributed by atoms with Crippen LogP contribution in [0.15, 0.2) is 41.6 Å². The minimum absolute atomic E-state index is 0.0205. The third-order valence-corrected chi connectivity index (χ3v) is 5.93. The monoisotopic (exact) mass is 352 g/mol. The second kappa shape index (κ2) is 7.00. The molecule has 1 heterocycles. The standard InChI is InChI=1S/C16H21FN4O2S/c17-14-6-2-4-8-16(14)21-11-13(10-19-21)24(22,23)20-15-7-3-1-5-12(15)9-18/h2,4,6,8,10-12,15,20H,1,3,5,7,9,18H2. The molecule has 1 aromatic heterocycles. The molecule has 1 saturated carbocycles. The molecule has 2 aromatic rings. The second-order valence-corrected chi connectivity index (χ2v) is 7.79. The van der Waals surface area contributed by atoms with Crippen LogP contribution >= 0.6 is 0 Å². The number of benzene rings is 1. The summed E-state index contributed by atoms with van der Waals surface area (Å²) in [7, 11) is -3.71. The van der Waals surface area contributed by atoms with E-state index in [1.807, 2.05) is 0 Å².